The molecular formula is C17H16O. The van der Waals surface area contributed by atoms with Crippen LogP contribution in [0, 0.1) is 6.92 Å². The van der Waals surface area contributed by atoms with Crippen LogP contribution in [0.1, 0.15) is 27.0 Å². The summed E-state index contributed by atoms with van der Waals surface area (Å²) in [4.78, 5) is 12.3. The molecule has 90 valence electrons. The van der Waals surface area contributed by atoms with Gasteiger partial charge in [-0.15, -0.1) is 0 Å². The number of rotatable bonds is 4. The van der Waals surface area contributed by atoms with Crippen LogP contribution in [0.4, 0.5) is 0 Å². The van der Waals surface area contributed by atoms with Gasteiger partial charge in [-0.3, -0.25) is 4.79 Å². The summed E-state index contributed by atoms with van der Waals surface area (Å²) in [6, 6.07) is 15.6. The Bertz CT molecular complexity index is 582. The lowest BCUT2D eigenvalue weighted by atomic mass is 9.96. The van der Waals surface area contributed by atoms with Crippen molar-refractivity contribution in [2.75, 3.05) is 0 Å². The molecule has 0 unspecified atom stereocenters. The van der Waals surface area contributed by atoms with Gasteiger partial charge in [0.2, 0.25) is 0 Å². The number of aryl methyl sites for hydroxylation is 1. The van der Waals surface area contributed by atoms with E-state index >= 15 is 0 Å². The number of carbonyl (C=O) groups is 1. The molecule has 0 heterocycles. The van der Waals surface area contributed by atoms with Crippen LogP contribution in [-0.2, 0) is 6.42 Å². The SMILES string of the molecule is C=Cc1ccccc1CC(=O)c1ccccc1C. The summed E-state index contributed by atoms with van der Waals surface area (Å²) < 4.78 is 0. The summed E-state index contributed by atoms with van der Waals surface area (Å²) in [5.74, 6) is 0.155. The Labute approximate surface area is 108 Å². The molecule has 0 spiro atoms. The summed E-state index contributed by atoms with van der Waals surface area (Å²) in [5, 5.41) is 0. The molecule has 2 aromatic carbocycles. The highest BCUT2D eigenvalue weighted by Gasteiger charge is 2.10. The average Bonchev–Trinajstić information content (AvgIpc) is 2.39. The van der Waals surface area contributed by atoms with Crippen LogP contribution in [-0.4, -0.2) is 5.78 Å². The van der Waals surface area contributed by atoms with Crippen molar-refractivity contribution in [3.63, 3.8) is 0 Å². The normalized spacial score (nSPS) is 10.1. The summed E-state index contributed by atoms with van der Waals surface area (Å²) in [6.07, 6.45) is 2.22. The molecule has 0 amide bonds. The van der Waals surface area contributed by atoms with Crippen molar-refractivity contribution in [2.24, 2.45) is 0 Å². The maximum atomic E-state index is 12.3. The topological polar surface area (TPSA) is 17.1 Å². The maximum absolute atomic E-state index is 12.3. The van der Waals surface area contributed by atoms with Crippen molar-refractivity contribution < 1.29 is 4.79 Å². The van der Waals surface area contributed by atoms with Crippen molar-refractivity contribution in [3.05, 3.63) is 77.4 Å². The second-order valence-electron chi connectivity index (χ2n) is 4.32. The molecule has 0 aliphatic heterocycles. The largest absolute Gasteiger partial charge is 0.294 e. The molecule has 0 saturated carbocycles. The first-order chi connectivity index (χ1) is 8.72. The monoisotopic (exact) mass is 236 g/mol. The standard InChI is InChI=1S/C17H16O/c1-3-14-9-5-6-10-15(14)12-17(18)16-11-7-4-8-13(16)2/h3-11H,1,12H2,2H3. The highest BCUT2D eigenvalue weighted by Crippen LogP contribution is 2.15. The van der Waals surface area contributed by atoms with Gasteiger partial charge in [-0.1, -0.05) is 61.2 Å². The molecule has 2 aromatic rings. The highest BCUT2D eigenvalue weighted by molar-refractivity contribution is 5.99. The Morgan fingerprint density at radius 1 is 1.11 bits per heavy atom. The van der Waals surface area contributed by atoms with Crippen LogP contribution >= 0.6 is 0 Å². The first-order valence-corrected chi connectivity index (χ1v) is 6.01. The molecule has 0 N–H and O–H groups in total. The Hall–Kier alpha value is -2.15. The number of benzene rings is 2. The number of hydrogen-bond acceptors (Lipinski definition) is 1. The molecule has 0 radical (unpaired) electrons. The van der Waals surface area contributed by atoms with Gasteiger partial charge in [0.25, 0.3) is 0 Å². The molecular weight excluding hydrogens is 220 g/mol. The molecule has 2 rings (SSSR count). The molecule has 0 saturated heterocycles. The predicted octanol–water partition coefficient (Wildman–Crippen LogP) is 4.06. The van der Waals surface area contributed by atoms with Crippen molar-refractivity contribution in [2.45, 2.75) is 13.3 Å². The first kappa shape index (κ1) is 12.3. The Balaban J connectivity index is 2.27. The fourth-order valence-electron chi connectivity index (χ4n) is 2.05. The van der Waals surface area contributed by atoms with Crippen molar-refractivity contribution >= 4 is 11.9 Å². The minimum absolute atomic E-state index is 0.155. The van der Waals surface area contributed by atoms with E-state index in [1.807, 2.05) is 55.5 Å². The average molecular weight is 236 g/mol. The number of ketones is 1. The van der Waals surface area contributed by atoms with E-state index in [0.29, 0.717) is 6.42 Å². The van der Waals surface area contributed by atoms with Crippen LogP contribution in [0.15, 0.2) is 55.1 Å². The van der Waals surface area contributed by atoms with Gasteiger partial charge in [-0.25, -0.2) is 0 Å². The van der Waals surface area contributed by atoms with Crippen molar-refractivity contribution in [3.8, 4) is 0 Å². The quantitative estimate of drug-likeness (QED) is 0.731. The van der Waals surface area contributed by atoms with Crippen LogP contribution in [0.2, 0.25) is 0 Å². The van der Waals surface area contributed by atoms with Gasteiger partial charge in [0, 0.05) is 12.0 Å². The van der Waals surface area contributed by atoms with Crippen LogP contribution in [0.3, 0.4) is 0 Å². The summed E-state index contributed by atoms with van der Waals surface area (Å²) in [5.41, 5.74) is 3.88. The Kier molecular flexibility index (Phi) is 3.73. The van der Waals surface area contributed by atoms with E-state index in [9.17, 15) is 4.79 Å². The molecule has 0 fully saturated rings. The van der Waals surface area contributed by atoms with E-state index in [2.05, 4.69) is 6.58 Å². The number of carbonyl (C=O) groups excluding carboxylic acids is 1. The Morgan fingerprint density at radius 2 is 1.78 bits per heavy atom. The van der Waals surface area contributed by atoms with E-state index in [1.54, 1.807) is 6.08 Å². The molecule has 0 aliphatic rings. The number of Topliss-reactive ketones (excluding diaryl/α,β-unsaturated/α-hetero) is 1. The molecule has 0 bridgehead atoms. The van der Waals surface area contributed by atoms with Crippen molar-refractivity contribution in [1.82, 2.24) is 0 Å². The minimum Gasteiger partial charge on any atom is -0.294 e. The van der Waals surface area contributed by atoms with Crippen LogP contribution < -0.4 is 0 Å². The van der Waals surface area contributed by atoms with Gasteiger partial charge in [0.15, 0.2) is 5.78 Å². The van der Waals surface area contributed by atoms with Gasteiger partial charge in [0.1, 0.15) is 0 Å². The third-order valence-electron chi connectivity index (χ3n) is 3.07. The van der Waals surface area contributed by atoms with E-state index < -0.39 is 0 Å². The third-order valence-corrected chi connectivity index (χ3v) is 3.07. The lowest BCUT2D eigenvalue weighted by Gasteiger charge is -2.07. The highest BCUT2D eigenvalue weighted by atomic mass is 16.1. The van der Waals surface area contributed by atoms with Crippen molar-refractivity contribution in [1.29, 1.82) is 0 Å². The summed E-state index contributed by atoms with van der Waals surface area (Å²) in [7, 11) is 0. The van der Waals surface area contributed by atoms with Gasteiger partial charge in [-0.05, 0) is 23.6 Å². The van der Waals surface area contributed by atoms with E-state index in [4.69, 9.17) is 0 Å². The van der Waals surface area contributed by atoms with Gasteiger partial charge >= 0.3 is 0 Å². The predicted molar refractivity (Wildman–Crippen MR) is 75.7 cm³/mol. The van der Waals surface area contributed by atoms with Gasteiger partial charge in [0.05, 0.1) is 0 Å². The van der Waals surface area contributed by atoms with Gasteiger partial charge < -0.3 is 0 Å². The van der Waals surface area contributed by atoms with Gasteiger partial charge in [-0.2, -0.15) is 0 Å². The second kappa shape index (κ2) is 5.46. The maximum Gasteiger partial charge on any atom is 0.167 e. The molecule has 0 aliphatic carbocycles. The second-order valence-corrected chi connectivity index (χ2v) is 4.32. The van der Waals surface area contributed by atoms with Crippen LogP contribution in [0.25, 0.3) is 6.08 Å². The molecule has 1 heteroatoms. The fraction of sp³-hybridized carbons (Fsp3) is 0.118. The Morgan fingerprint density at radius 3 is 2.50 bits per heavy atom. The molecule has 18 heavy (non-hydrogen) atoms. The minimum atomic E-state index is 0.155. The fourth-order valence-corrected chi connectivity index (χ4v) is 2.05. The number of hydrogen-bond donors (Lipinski definition) is 0. The molecule has 0 atom stereocenters. The zero-order valence-electron chi connectivity index (χ0n) is 10.5. The summed E-state index contributed by atoms with van der Waals surface area (Å²) in [6.45, 7) is 5.74. The molecule has 1 nitrogen and oxygen atoms in total. The van der Waals surface area contributed by atoms with E-state index in [1.165, 1.54) is 0 Å². The lowest BCUT2D eigenvalue weighted by molar-refractivity contribution is 0.0992. The first-order valence-electron chi connectivity index (χ1n) is 6.01. The zero-order chi connectivity index (χ0) is 13.0. The zero-order valence-corrected chi connectivity index (χ0v) is 10.5. The third kappa shape index (κ3) is 2.57. The van der Waals surface area contributed by atoms with E-state index in [0.717, 1.165) is 22.3 Å². The lowest BCUT2D eigenvalue weighted by Crippen LogP contribution is -2.06. The molecule has 0 aromatic heterocycles. The van der Waals surface area contributed by atoms with Crippen LogP contribution in [0.5, 0.6) is 0 Å². The van der Waals surface area contributed by atoms with E-state index in [-0.39, 0.29) is 5.78 Å². The smallest absolute Gasteiger partial charge is 0.167 e. The summed E-state index contributed by atoms with van der Waals surface area (Å²) >= 11 is 0.